The lowest BCUT2D eigenvalue weighted by Crippen LogP contribution is -2.38. The summed E-state index contributed by atoms with van der Waals surface area (Å²) in [4.78, 5) is 11.3. The van der Waals surface area contributed by atoms with E-state index < -0.39 is 0 Å². The van der Waals surface area contributed by atoms with E-state index in [0.717, 1.165) is 32.4 Å². The predicted octanol–water partition coefficient (Wildman–Crippen LogP) is 1.70. The average molecular weight is 224 g/mol. The normalized spacial score (nSPS) is 18.9. The van der Waals surface area contributed by atoms with E-state index >= 15 is 0 Å². The molecule has 0 aromatic carbocycles. The summed E-state index contributed by atoms with van der Waals surface area (Å²) in [6, 6.07) is 0.468. The van der Waals surface area contributed by atoms with Gasteiger partial charge in [0.25, 0.3) is 0 Å². The lowest BCUT2D eigenvalue weighted by molar-refractivity contribution is -0.122. The van der Waals surface area contributed by atoms with Crippen LogP contribution in [0.1, 0.15) is 33.1 Å². The molecule has 0 bridgehead atoms. The molecule has 1 amide bonds. The summed E-state index contributed by atoms with van der Waals surface area (Å²) in [7, 11) is 0. The van der Waals surface area contributed by atoms with E-state index in [1.807, 2.05) is 6.08 Å². The molecule has 1 aliphatic rings. The first kappa shape index (κ1) is 13.2. The molecule has 0 spiro atoms. The molecule has 16 heavy (non-hydrogen) atoms. The summed E-state index contributed by atoms with van der Waals surface area (Å²) in [5.41, 5.74) is 0. The first-order chi connectivity index (χ1) is 7.65. The van der Waals surface area contributed by atoms with Gasteiger partial charge < -0.3 is 10.6 Å². The second-order valence-corrected chi connectivity index (χ2v) is 4.81. The fraction of sp³-hybridized carbons (Fsp3) is 0.769. The van der Waals surface area contributed by atoms with E-state index in [4.69, 9.17) is 0 Å². The smallest absolute Gasteiger partial charge is 0.223 e. The zero-order valence-corrected chi connectivity index (χ0v) is 10.5. The summed E-state index contributed by atoms with van der Waals surface area (Å²) >= 11 is 0. The Morgan fingerprint density at radius 1 is 1.44 bits per heavy atom. The van der Waals surface area contributed by atoms with Crippen LogP contribution in [0.2, 0.25) is 0 Å². The van der Waals surface area contributed by atoms with Crippen LogP contribution in [0, 0.1) is 11.8 Å². The van der Waals surface area contributed by atoms with E-state index in [-0.39, 0.29) is 5.91 Å². The summed E-state index contributed by atoms with van der Waals surface area (Å²) in [6.45, 7) is 9.72. The third-order valence-electron chi connectivity index (χ3n) is 3.23. The Hall–Kier alpha value is -0.830. The maximum Gasteiger partial charge on any atom is 0.223 e. The highest BCUT2D eigenvalue weighted by Gasteiger charge is 2.28. The lowest BCUT2D eigenvalue weighted by Gasteiger charge is -2.20. The van der Waals surface area contributed by atoms with E-state index in [2.05, 4.69) is 31.1 Å². The fourth-order valence-corrected chi connectivity index (χ4v) is 1.64. The Morgan fingerprint density at radius 2 is 2.12 bits per heavy atom. The van der Waals surface area contributed by atoms with Crippen LogP contribution in [0.3, 0.4) is 0 Å². The van der Waals surface area contributed by atoms with E-state index in [1.54, 1.807) is 0 Å². The van der Waals surface area contributed by atoms with Crippen molar-refractivity contribution in [3.63, 3.8) is 0 Å². The molecule has 0 aromatic heterocycles. The third-order valence-corrected chi connectivity index (χ3v) is 3.23. The summed E-state index contributed by atoms with van der Waals surface area (Å²) in [6.07, 6.45) is 5.14. The van der Waals surface area contributed by atoms with Crippen molar-refractivity contribution in [3.05, 3.63) is 12.7 Å². The SMILES string of the molecule is C=CCC(C)C(C)NCCNC(=O)C1CC1. The Labute approximate surface area is 98.7 Å². The molecule has 0 radical (unpaired) electrons. The second-order valence-electron chi connectivity index (χ2n) is 4.81. The van der Waals surface area contributed by atoms with Gasteiger partial charge in [-0.15, -0.1) is 6.58 Å². The maximum atomic E-state index is 11.3. The van der Waals surface area contributed by atoms with Gasteiger partial charge in [0, 0.05) is 25.0 Å². The van der Waals surface area contributed by atoms with Gasteiger partial charge in [-0.1, -0.05) is 13.0 Å². The molecule has 2 unspecified atom stereocenters. The largest absolute Gasteiger partial charge is 0.355 e. The Kier molecular flexibility index (Phi) is 5.53. The molecule has 1 aliphatic carbocycles. The first-order valence-electron chi connectivity index (χ1n) is 6.27. The molecular formula is C13H24N2O. The van der Waals surface area contributed by atoms with Gasteiger partial charge >= 0.3 is 0 Å². The summed E-state index contributed by atoms with van der Waals surface area (Å²) in [5.74, 6) is 1.14. The van der Waals surface area contributed by atoms with E-state index in [9.17, 15) is 4.79 Å². The van der Waals surface area contributed by atoms with Crippen molar-refractivity contribution in [2.24, 2.45) is 11.8 Å². The number of hydrogen-bond acceptors (Lipinski definition) is 2. The summed E-state index contributed by atoms with van der Waals surface area (Å²) < 4.78 is 0. The van der Waals surface area contributed by atoms with Crippen LogP contribution < -0.4 is 10.6 Å². The van der Waals surface area contributed by atoms with Crippen LogP contribution in [0.5, 0.6) is 0 Å². The number of rotatable bonds is 8. The van der Waals surface area contributed by atoms with Gasteiger partial charge in [-0.05, 0) is 32.1 Å². The molecule has 1 saturated carbocycles. The highest BCUT2D eigenvalue weighted by Crippen LogP contribution is 2.28. The van der Waals surface area contributed by atoms with Crippen molar-refractivity contribution >= 4 is 5.91 Å². The molecule has 1 rings (SSSR count). The molecule has 2 N–H and O–H groups in total. The number of carbonyl (C=O) groups is 1. The molecule has 0 aliphatic heterocycles. The number of allylic oxidation sites excluding steroid dienone is 1. The third kappa shape index (κ3) is 4.79. The van der Waals surface area contributed by atoms with E-state index in [0.29, 0.717) is 17.9 Å². The standard InChI is InChI=1S/C13H24N2O/c1-4-5-10(2)11(3)14-8-9-15-13(16)12-6-7-12/h4,10-12,14H,1,5-9H2,2-3H3,(H,15,16). The van der Waals surface area contributed by atoms with Crippen LogP contribution in [0.25, 0.3) is 0 Å². The number of amides is 1. The summed E-state index contributed by atoms with van der Waals surface area (Å²) in [5, 5.41) is 6.37. The van der Waals surface area contributed by atoms with Crippen LogP contribution >= 0.6 is 0 Å². The van der Waals surface area contributed by atoms with Crippen molar-refractivity contribution in [2.45, 2.75) is 39.2 Å². The molecule has 3 heteroatoms. The quantitative estimate of drug-likeness (QED) is 0.487. The van der Waals surface area contributed by atoms with Crippen LogP contribution in [0.15, 0.2) is 12.7 Å². The Bertz CT molecular complexity index is 236. The van der Waals surface area contributed by atoms with Gasteiger partial charge in [-0.2, -0.15) is 0 Å². The van der Waals surface area contributed by atoms with Crippen molar-refractivity contribution in [1.82, 2.24) is 10.6 Å². The molecular weight excluding hydrogens is 200 g/mol. The van der Waals surface area contributed by atoms with Crippen LogP contribution in [0.4, 0.5) is 0 Å². The average Bonchev–Trinajstić information content (AvgIpc) is 3.07. The fourth-order valence-electron chi connectivity index (χ4n) is 1.64. The molecule has 0 aromatic rings. The molecule has 1 fully saturated rings. The van der Waals surface area contributed by atoms with Crippen molar-refractivity contribution in [3.8, 4) is 0 Å². The first-order valence-corrected chi connectivity index (χ1v) is 6.27. The van der Waals surface area contributed by atoms with Crippen molar-refractivity contribution in [1.29, 1.82) is 0 Å². The zero-order chi connectivity index (χ0) is 12.0. The minimum atomic E-state index is 0.230. The topological polar surface area (TPSA) is 41.1 Å². The molecule has 3 nitrogen and oxygen atoms in total. The molecule has 0 heterocycles. The monoisotopic (exact) mass is 224 g/mol. The van der Waals surface area contributed by atoms with Gasteiger partial charge in [0.05, 0.1) is 0 Å². The zero-order valence-electron chi connectivity index (χ0n) is 10.5. The molecule has 2 atom stereocenters. The van der Waals surface area contributed by atoms with Crippen LogP contribution in [-0.4, -0.2) is 25.0 Å². The number of nitrogens with one attached hydrogen (secondary N) is 2. The second kappa shape index (κ2) is 6.69. The van der Waals surface area contributed by atoms with Gasteiger partial charge in [0.15, 0.2) is 0 Å². The minimum absolute atomic E-state index is 0.230. The minimum Gasteiger partial charge on any atom is -0.355 e. The van der Waals surface area contributed by atoms with Crippen LogP contribution in [-0.2, 0) is 4.79 Å². The maximum absolute atomic E-state index is 11.3. The highest BCUT2D eigenvalue weighted by atomic mass is 16.2. The molecule has 0 saturated heterocycles. The van der Waals surface area contributed by atoms with Gasteiger partial charge in [-0.25, -0.2) is 0 Å². The highest BCUT2D eigenvalue weighted by molar-refractivity contribution is 5.80. The van der Waals surface area contributed by atoms with Crippen molar-refractivity contribution < 1.29 is 4.79 Å². The van der Waals surface area contributed by atoms with Crippen molar-refractivity contribution in [2.75, 3.05) is 13.1 Å². The van der Waals surface area contributed by atoms with Gasteiger partial charge in [-0.3, -0.25) is 4.79 Å². The number of carbonyl (C=O) groups excluding carboxylic acids is 1. The predicted molar refractivity (Wildman–Crippen MR) is 67.2 cm³/mol. The number of hydrogen-bond donors (Lipinski definition) is 2. The Morgan fingerprint density at radius 3 is 2.69 bits per heavy atom. The van der Waals surface area contributed by atoms with Gasteiger partial charge in [0.2, 0.25) is 5.91 Å². The lowest BCUT2D eigenvalue weighted by atomic mass is 10.00. The van der Waals surface area contributed by atoms with Gasteiger partial charge in [0.1, 0.15) is 0 Å². The Balaban J connectivity index is 2.00. The molecule has 92 valence electrons. The van der Waals surface area contributed by atoms with E-state index in [1.165, 1.54) is 0 Å².